The van der Waals surface area contributed by atoms with Gasteiger partial charge in [-0.1, -0.05) is 22.4 Å². The van der Waals surface area contributed by atoms with Crippen LogP contribution in [0.2, 0.25) is 0 Å². The van der Waals surface area contributed by atoms with Crippen molar-refractivity contribution in [2.24, 2.45) is 0 Å². The maximum atomic E-state index is 11.2. The van der Waals surface area contributed by atoms with Crippen LogP contribution in [0, 0.1) is 0 Å². The molecule has 0 aliphatic rings. The highest BCUT2D eigenvalue weighted by Gasteiger charge is 2.15. The first-order chi connectivity index (χ1) is 8.52. The van der Waals surface area contributed by atoms with Gasteiger partial charge >= 0.3 is 5.97 Å². The van der Waals surface area contributed by atoms with Gasteiger partial charge in [0.2, 0.25) is 0 Å². The Bertz CT molecular complexity index is 220. The highest BCUT2D eigenvalue weighted by molar-refractivity contribution is 9.09. The number of esters is 1. The Morgan fingerprint density at radius 3 is 2.28 bits per heavy atom. The molecule has 3 nitrogen and oxygen atoms in total. The maximum Gasteiger partial charge on any atom is 0.305 e. The lowest BCUT2D eigenvalue weighted by molar-refractivity contribution is -0.890. The van der Waals surface area contributed by atoms with E-state index in [1.165, 1.54) is 32.2 Å². The Balaban J connectivity index is 3.57. The zero-order valence-corrected chi connectivity index (χ0v) is 13.8. The van der Waals surface area contributed by atoms with Crippen molar-refractivity contribution in [3.05, 3.63) is 0 Å². The Labute approximate surface area is 121 Å². The van der Waals surface area contributed by atoms with Gasteiger partial charge in [-0.15, -0.1) is 0 Å². The smallest absolute Gasteiger partial charge is 0.305 e. The van der Waals surface area contributed by atoms with Gasteiger partial charge in [0.15, 0.2) is 0 Å². The predicted molar refractivity (Wildman–Crippen MR) is 80.0 cm³/mol. The number of unbranched alkanes of at least 4 members (excludes halogenated alkanes) is 3. The molecule has 4 heteroatoms. The lowest BCUT2D eigenvalue weighted by Crippen LogP contribution is -2.41. The second-order valence-electron chi connectivity index (χ2n) is 5.39. The molecule has 0 aromatic carbocycles. The summed E-state index contributed by atoms with van der Waals surface area (Å²) in [5.41, 5.74) is 0. The zero-order chi connectivity index (χ0) is 13.9. The van der Waals surface area contributed by atoms with E-state index in [0.717, 1.165) is 22.8 Å². The van der Waals surface area contributed by atoms with Crippen molar-refractivity contribution in [3.63, 3.8) is 0 Å². The van der Waals surface area contributed by atoms with Crippen LogP contribution in [0.4, 0.5) is 0 Å². The molecule has 0 atom stereocenters. The van der Waals surface area contributed by atoms with E-state index in [1.54, 1.807) is 0 Å². The number of quaternary nitrogens is 1. The summed E-state index contributed by atoms with van der Waals surface area (Å²) in [5.74, 6) is -0.0604. The molecule has 0 amide bonds. The lowest BCUT2D eigenvalue weighted by atomic mass is 10.2. The Hall–Kier alpha value is -0.0900. The molecular formula is C14H29BrNO2+. The quantitative estimate of drug-likeness (QED) is 0.252. The molecule has 0 saturated carbocycles. The van der Waals surface area contributed by atoms with Crippen molar-refractivity contribution in [3.8, 4) is 0 Å². The van der Waals surface area contributed by atoms with E-state index in [-0.39, 0.29) is 5.97 Å². The number of hydrogen-bond acceptors (Lipinski definition) is 2. The first-order valence-electron chi connectivity index (χ1n) is 7.05. The van der Waals surface area contributed by atoms with Crippen molar-refractivity contribution in [1.29, 1.82) is 0 Å². The molecule has 0 aromatic heterocycles. The van der Waals surface area contributed by atoms with Crippen molar-refractivity contribution in [1.82, 2.24) is 0 Å². The van der Waals surface area contributed by atoms with E-state index < -0.39 is 0 Å². The summed E-state index contributed by atoms with van der Waals surface area (Å²) in [7, 11) is 4.49. The van der Waals surface area contributed by atoms with Gasteiger partial charge < -0.3 is 9.22 Å². The fourth-order valence-electron chi connectivity index (χ4n) is 1.98. The molecule has 0 bridgehead atoms. The highest BCUT2D eigenvalue weighted by Crippen LogP contribution is 2.08. The number of hydrogen-bond donors (Lipinski definition) is 0. The van der Waals surface area contributed by atoms with Crippen LogP contribution in [0.15, 0.2) is 0 Å². The highest BCUT2D eigenvalue weighted by atomic mass is 79.9. The van der Waals surface area contributed by atoms with Crippen molar-refractivity contribution >= 4 is 21.9 Å². The zero-order valence-electron chi connectivity index (χ0n) is 12.2. The van der Waals surface area contributed by atoms with Crippen LogP contribution in [0.5, 0.6) is 0 Å². The van der Waals surface area contributed by atoms with Crippen molar-refractivity contribution in [2.45, 2.75) is 45.4 Å². The maximum absolute atomic E-state index is 11.2. The predicted octanol–water partition coefficient (Wildman–Crippen LogP) is 3.36. The van der Waals surface area contributed by atoms with Gasteiger partial charge in [-0.05, 0) is 26.2 Å². The molecule has 108 valence electrons. The molecule has 0 radical (unpaired) electrons. The summed E-state index contributed by atoms with van der Waals surface area (Å²) in [4.78, 5) is 11.2. The summed E-state index contributed by atoms with van der Waals surface area (Å²) in [6, 6.07) is 0. The molecule has 0 N–H and O–H groups in total. The monoisotopic (exact) mass is 322 g/mol. The Kier molecular flexibility index (Phi) is 10.7. The molecular weight excluding hydrogens is 294 g/mol. The van der Waals surface area contributed by atoms with Gasteiger partial charge in [-0.3, -0.25) is 4.79 Å². The van der Waals surface area contributed by atoms with Crippen LogP contribution in [-0.4, -0.2) is 49.6 Å². The number of carbonyl (C=O) groups is 1. The van der Waals surface area contributed by atoms with Crippen LogP contribution < -0.4 is 0 Å². The minimum atomic E-state index is -0.0604. The van der Waals surface area contributed by atoms with Gasteiger partial charge in [0.25, 0.3) is 0 Å². The summed E-state index contributed by atoms with van der Waals surface area (Å²) in [5, 5.41) is 1.12. The number of rotatable bonds is 11. The molecule has 0 fully saturated rings. The fourth-order valence-corrected chi connectivity index (χ4v) is 2.38. The average molecular weight is 323 g/mol. The van der Waals surface area contributed by atoms with Gasteiger partial charge in [0, 0.05) is 11.8 Å². The number of carbonyl (C=O) groups excluding carboxylic acids is 1. The third-order valence-corrected chi connectivity index (χ3v) is 3.66. The largest absolute Gasteiger partial charge is 0.466 e. The lowest BCUT2D eigenvalue weighted by Gasteiger charge is -2.29. The fraction of sp³-hybridized carbons (Fsp3) is 0.929. The molecule has 0 aliphatic carbocycles. The number of alkyl halides is 1. The minimum Gasteiger partial charge on any atom is -0.466 e. The summed E-state index contributed by atoms with van der Waals surface area (Å²) < 4.78 is 5.94. The summed E-state index contributed by atoms with van der Waals surface area (Å²) in [6.45, 7) is 4.60. The molecule has 18 heavy (non-hydrogen) atoms. The summed E-state index contributed by atoms with van der Waals surface area (Å²) in [6.07, 6.45) is 6.65. The van der Waals surface area contributed by atoms with Crippen LogP contribution in [-0.2, 0) is 9.53 Å². The minimum absolute atomic E-state index is 0.0604. The number of ether oxygens (including phenoxy) is 1. The molecule has 0 aromatic rings. The van der Waals surface area contributed by atoms with Gasteiger partial charge in [-0.25, -0.2) is 0 Å². The molecule has 0 heterocycles. The molecule has 0 saturated heterocycles. The van der Waals surface area contributed by atoms with Gasteiger partial charge in [0.1, 0.15) is 0 Å². The normalized spacial score (nSPS) is 11.6. The van der Waals surface area contributed by atoms with E-state index in [0.29, 0.717) is 13.0 Å². The van der Waals surface area contributed by atoms with E-state index in [4.69, 9.17) is 4.74 Å². The standard InChI is InChI=1S/C14H29BrNO2/c1-4-18-14(17)10-9-13-16(2,3)12-8-6-5-7-11-15/h4-13H2,1-3H3/q+1. The topological polar surface area (TPSA) is 26.3 Å². The third-order valence-electron chi connectivity index (χ3n) is 3.10. The molecule has 0 rings (SSSR count). The van der Waals surface area contributed by atoms with Crippen LogP contribution in [0.3, 0.4) is 0 Å². The van der Waals surface area contributed by atoms with E-state index >= 15 is 0 Å². The van der Waals surface area contributed by atoms with E-state index in [9.17, 15) is 4.79 Å². The Morgan fingerprint density at radius 2 is 1.67 bits per heavy atom. The van der Waals surface area contributed by atoms with E-state index in [1.807, 2.05) is 6.92 Å². The van der Waals surface area contributed by atoms with Gasteiger partial charge in [0.05, 0.1) is 40.2 Å². The summed E-state index contributed by atoms with van der Waals surface area (Å²) >= 11 is 3.45. The second kappa shape index (κ2) is 10.8. The van der Waals surface area contributed by atoms with Crippen LogP contribution in [0.1, 0.15) is 45.4 Å². The average Bonchev–Trinajstić information content (AvgIpc) is 2.28. The van der Waals surface area contributed by atoms with Crippen LogP contribution in [0.25, 0.3) is 0 Å². The van der Waals surface area contributed by atoms with E-state index in [2.05, 4.69) is 30.0 Å². The molecule has 0 spiro atoms. The van der Waals surface area contributed by atoms with Crippen molar-refractivity contribution in [2.75, 3.05) is 39.1 Å². The first kappa shape index (κ1) is 17.9. The molecule has 0 unspecified atom stereocenters. The van der Waals surface area contributed by atoms with Crippen molar-refractivity contribution < 1.29 is 14.0 Å². The second-order valence-corrected chi connectivity index (χ2v) is 6.19. The first-order valence-corrected chi connectivity index (χ1v) is 8.17. The molecule has 0 aliphatic heterocycles. The van der Waals surface area contributed by atoms with Crippen LogP contribution >= 0.6 is 15.9 Å². The SMILES string of the molecule is CCOC(=O)CCC[N+](C)(C)CCCCCCBr. The third kappa shape index (κ3) is 11.0. The number of halogens is 1. The Morgan fingerprint density at radius 1 is 1.06 bits per heavy atom. The van der Waals surface area contributed by atoms with Gasteiger partial charge in [-0.2, -0.15) is 0 Å². The number of nitrogens with zero attached hydrogens (tertiary/aromatic N) is 1.